The van der Waals surface area contributed by atoms with Crippen LogP contribution < -0.4 is 14.8 Å². The number of nitrogens with one attached hydrogen (secondary N) is 1. The molecule has 2 rings (SSSR count). The van der Waals surface area contributed by atoms with Gasteiger partial charge in [-0.05, 0) is 24.6 Å². The Balaban J connectivity index is 1.99. The second kappa shape index (κ2) is 5.07. The molecule has 4 nitrogen and oxygen atoms in total. The molecule has 1 unspecified atom stereocenters. The molecule has 1 heterocycles. The zero-order valence-electron chi connectivity index (χ0n) is 9.95. The van der Waals surface area contributed by atoms with E-state index in [9.17, 15) is 8.78 Å². The van der Waals surface area contributed by atoms with Gasteiger partial charge in [-0.3, -0.25) is 0 Å². The molecule has 0 fully saturated rings. The fraction of sp³-hybridized carbons (Fsp3) is 0.500. The van der Waals surface area contributed by atoms with Crippen LogP contribution >= 0.6 is 0 Å². The third-order valence-corrected chi connectivity index (χ3v) is 2.79. The van der Waals surface area contributed by atoms with Crippen molar-refractivity contribution in [2.45, 2.75) is 18.9 Å². The minimum absolute atomic E-state index is 0.184. The third kappa shape index (κ3) is 2.88. The number of hydrogen-bond donors (Lipinski definition) is 2. The van der Waals surface area contributed by atoms with Gasteiger partial charge in [0.2, 0.25) is 6.79 Å². The first-order valence-electron chi connectivity index (χ1n) is 5.63. The highest BCUT2D eigenvalue weighted by molar-refractivity contribution is 5.45. The third-order valence-electron chi connectivity index (χ3n) is 2.79. The van der Waals surface area contributed by atoms with E-state index in [0.717, 1.165) is 5.56 Å². The molecule has 1 aromatic carbocycles. The number of alkyl halides is 2. The summed E-state index contributed by atoms with van der Waals surface area (Å²) in [6, 6.07) is 5.04. The van der Waals surface area contributed by atoms with Crippen molar-refractivity contribution in [3.8, 4) is 11.5 Å². The van der Waals surface area contributed by atoms with E-state index in [4.69, 9.17) is 14.6 Å². The number of aliphatic hydroxyl groups excluding tert-OH is 1. The van der Waals surface area contributed by atoms with Gasteiger partial charge in [-0.1, -0.05) is 6.07 Å². The molecule has 0 radical (unpaired) electrons. The predicted molar refractivity (Wildman–Crippen MR) is 61.0 cm³/mol. The summed E-state index contributed by atoms with van der Waals surface area (Å²) in [5, 5.41) is 11.2. The van der Waals surface area contributed by atoms with Gasteiger partial charge in [0.05, 0.1) is 6.54 Å². The molecule has 0 spiro atoms. The van der Waals surface area contributed by atoms with Crippen LogP contribution in [0.1, 0.15) is 18.5 Å². The number of benzene rings is 1. The Hall–Kier alpha value is -1.40. The molecule has 0 saturated carbocycles. The first kappa shape index (κ1) is 13.0. The summed E-state index contributed by atoms with van der Waals surface area (Å²) in [7, 11) is 0. The normalized spacial score (nSPS) is 15.8. The zero-order chi connectivity index (χ0) is 13.2. The summed E-state index contributed by atoms with van der Waals surface area (Å²) in [6.45, 7) is 0.223. The lowest BCUT2D eigenvalue weighted by atomic mass is 10.1. The summed E-state index contributed by atoms with van der Waals surface area (Å²) in [6.07, 6.45) is 0. The van der Waals surface area contributed by atoms with Crippen LogP contribution in [0.3, 0.4) is 0 Å². The van der Waals surface area contributed by atoms with Gasteiger partial charge in [0.15, 0.2) is 11.5 Å². The SMILES string of the molecule is CC(NCC(F)(F)CO)c1ccc2c(c1)OCO2. The molecule has 0 aliphatic carbocycles. The van der Waals surface area contributed by atoms with Gasteiger partial charge in [0.1, 0.15) is 6.61 Å². The van der Waals surface area contributed by atoms with Crippen LogP contribution in [0.5, 0.6) is 11.5 Å². The van der Waals surface area contributed by atoms with Gasteiger partial charge < -0.3 is 19.9 Å². The maximum atomic E-state index is 12.9. The minimum atomic E-state index is -3.11. The van der Waals surface area contributed by atoms with Gasteiger partial charge in [0.25, 0.3) is 5.92 Å². The maximum absolute atomic E-state index is 12.9. The van der Waals surface area contributed by atoms with E-state index >= 15 is 0 Å². The molecular formula is C12H15F2NO3. The van der Waals surface area contributed by atoms with Crippen LogP contribution in [0, 0.1) is 0 Å². The van der Waals surface area contributed by atoms with Crippen molar-refractivity contribution in [1.29, 1.82) is 0 Å². The molecule has 0 aromatic heterocycles. The number of ether oxygens (including phenoxy) is 2. The van der Waals surface area contributed by atoms with Gasteiger partial charge >= 0.3 is 0 Å². The van der Waals surface area contributed by atoms with Crippen molar-refractivity contribution < 1.29 is 23.4 Å². The summed E-state index contributed by atoms with van der Waals surface area (Å²) in [5.41, 5.74) is 0.827. The summed E-state index contributed by atoms with van der Waals surface area (Å²) >= 11 is 0. The Kier molecular flexibility index (Phi) is 3.68. The van der Waals surface area contributed by atoms with E-state index in [2.05, 4.69) is 5.32 Å². The fourth-order valence-electron chi connectivity index (χ4n) is 1.66. The Bertz CT molecular complexity index is 426. The Labute approximate surface area is 104 Å². The van der Waals surface area contributed by atoms with Crippen LogP contribution in [-0.2, 0) is 0 Å². The highest BCUT2D eigenvalue weighted by Gasteiger charge is 2.28. The Morgan fingerprint density at radius 1 is 1.39 bits per heavy atom. The summed E-state index contributed by atoms with van der Waals surface area (Å²) in [5.74, 6) is -1.83. The van der Waals surface area contributed by atoms with Gasteiger partial charge in [0, 0.05) is 6.04 Å². The lowest BCUT2D eigenvalue weighted by molar-refractivity contribution is -0.0490. The largest absolute Gasteiger partial charge is 0.454 e. The molecule has 1 aliphatic rings. The number of hydrogen-bond acceptors (Lipinski definition) is 4. The second-order valence-electron chi connectivity index (χ2n) is 4.23. The van der Waals surface area contributed by atoms with E-state index in [1.807, 2.05) is 0 Å². The van der Waals surface area contributed by atoms with Crippen molar-refractivity contribution in [2.24, 2.45) is 0 Å². The molecule has 1 atom stereocenters. The quantitative estimate of drug-likeness (QED) is 0.845. The Morgan fingerprint density at radius 2 is 2.11 bits per heavy atom. The van der Waals surface area contributed by atoms with Crippen molar-refractivity contribution in [1.82, 2.24) is 5.32 Å². The first-order valence-corrected chi connectivity index (χ1v) is 5.63. The van der Waals surface area contributed by atoms with Crippen molar-refractivity contribution in [3.63, 3.8) is 0 Å². The predicted octanol–water partition coefficient (Wildman–Crippen LogP) is 1.69. The first-order chi connectivity index (χ1) is 8.52. The van der Waals surface area contributed by atoms with Gasteiger partial charge in [-0.2, -0.15) is 0 Å². The molecular weight excluding hydrogens is 244 g/mol. The zero-order valence-corrected chi connectivity index (χ0v) is 9.95. The molecule has 1 aliphatic heterocycles. The highest BCUT2D eigenvalue weighted by atomic mass is 19.3. The molecule has 100 valence electrons. The van der Waals surface area contributed by atoms with E-state index in [-0.39, 0.29) is 12.8 Å². The van der Waals surface area contributed by atoms with E-state index in [1.165, 1.54) is 0 Å². The molecule has 0 amide bonds. The van der Waals surface area contributed by atoms with Crippen LogP contribution in [0.2, 0.25) is 0 Å². The van der Waals surface area contributed by atoms with Gasteiger partial charge in [-0.25, -0.2) is 8.78 Å². The monoisotopic (exact) mass is 259 g/mol. The lowest BCUT2D eigenvalue weighted by Crippen LogP contribution is -2.37. The molecule has 0 bridgehead atoms. The number of fused-ring (bicyclic) bond motifs is 1. The van der Waals surface area contributed by atoms with Crippen LogP contribution in [0.25, 0.3) is 0 Å². The topological polar surface area (TPSA) is 50.7 Å². The smallest absolute Gasteiger partial charge is 0.282 e. The number of halogens is 2. The summed E-state index contributed by atoms with van der Waals surface area (Å²) < 4.78 is 36.2. The minimum Gasteiger partial charge on any atom is -0.454 e. The molecule has 2 N–H and O–H groups in total. The molecule has 0 saturated heterocycles. The summed E-state index contributed by atoms with van der Waals surface area (Å²) in [4.78, 5) is 0. The second-order valence-corrected chi connectivity index (χ2v) is 4.23. The number of rotatable bonds is 5. The molecule has 1 aromatic rings. The fourth-order valence-corrected chi connectivity index (χ4v) is 1.66. The Morgan fingerprint density at radius 3 is 2.83 bits per heavy atom. The highest BCUT2D eigenvalue weighted by Crippen LogP contribution is 2.34. The van der Waals surface area contributed by atoms with Crippen LogP contribution in [0.15, 0.2) is 18.2 Å². The lowest BCUT2D eigenvalue weighted by Gasteiger charge is -2.19. The van der Waals surface area contributed by atoms with Crippen molar-refractivity contribution in [2.75, 3.05) is 19.9 Å². The van der Waals surface area contributed by atoms with E-state index in [1.54, 1.807) is 25.1 Å². The molecule has 6 heteroatoms. The number of aliphatic hydroxyl groups is 1. The average Bonchev–Trinajstić information content (AvgIpc) is 2.83. The van der Waals surface area contributed by atoms with Crippen LogP contribution in [0.4, 0.5) is 8.78 Å². The van der Waals surface area contributed by atoms with Crippen molar-refractivity contribution in [3.05, 3.63) is 23.8 Å². The average molecular weight is 259 g/mol. The van der Waals surface area contributed by atoms with Gasteiger partial charge in [-0.15, -0.1) is 0 Å². The van der Waals surface area contributed by atoms with Crippen LogP contribution in [-0.4, -0.2) is 31.0 Å². The standard InChI is InChI=1S/C12H15F2NO3/c1-8(15-5-12(13,14)6-16)9-2-3-10-11(4-9)18-7-17-10/h2-4,8,15-16H,5-7H2,1H3. The van der Waals surface area contributed by atoms with Crippen molar-refractivity contribution >= 4 is 0 Å². The van der Waals surface area contributed by atoms with E-state index in [0.29, 0.717) is 11.5 Å². The molecule has 18 heavy (non-hydrogen) atoms. The van der Waals surface area contributed by atoms with E-state index < -0.39 is 19.1 Å². The maximum Gasteiger partial charge on any atom is 0.282 e.